The number of amides is 1. The van der Waals surface area contributed by atoms with E-state index in [1.54, 1.807) is 26.4 Å². The number of carbonyl (C=O) groups excluding carboxylic acids is 1. The zero-order valence-corrected chi connectivity index (χ0v) is 10.7. The molecule has 0 unspecified atom stereocenters. The molecule has 0 bridgehead atoms. The third kappa shape index (κ3) is 3.71. The smallest absolute Gasteiger partial charge is 0.239 e. The molecular weight excluding hydrogens is 218 g/mol. The second kappa shape index (κ2) is 5.63. The van der Waals surface area contributed by atoms with Crippen molar-refractivity contribution in [3.63, 3.8) is 0 Å². The first-order valence-electron chi connectivity index (χ1n) is 5.45. The molecule has 5 nitrogen and oxygen atoms in total. The molecule has 0 aliphatic heterocycles. The number of rotatable bonds is 5. The quantitative estimate of drug-likeness (QED) is 0.791. The SMILES string of the molecule is CNC(C)(C)C(=O)NCc1ccc(OC)nc1. The second-order valence-electron chi connectivity index (χ2n) is 4.27. The molecule has 0 spiro atoms. The van der Waals surface area contributed by atoms with Crippen molar-refractivity contribution in [2.75, 3.05) is 14.2 Å². The van der Waals surface area contributed by atoms with Gasteiger partial charge >= 0.3 is 0 Å². The van der Waals surface area contributed by atoms with Crippen LogP contribution in [0, 0.1) is 0 Å². The Morgan fingerprint density at radius 2 is 2.18 bits per heavy atom. The van der Waals surface area contributed by atoms with Crippen molar-refractivity contribution in [1.29, 1.82) is 0 Å². The maximum absolute atomic E-state index is 11.8. The number of hydrogen-bond acceptors (Lipinski definition) is 4. The van der Waals surface area contributed by atoms with Crippen LogP contribution in [0.15, 0.2) is 18.3 Å². The van der Waals surface area contributed by atoms with Crippen LogP contribution in [0.4, 0.5) is 0 Å². The molecule has 0 radical (unpaired) electrons. The van der Waals surface area contributed by atoms with Crippen LogP contribution in [0.1, 0.15) is 19.4 Å². The van der Waals surface area contributed by atoms with Gasteiger partial charge in [0.05, 0.1) is 12.6 Å². The number of methoxy groups -OCH3 is 1. The molecule has 0 aliphatic rings. The molecule has 0 aliphatic carbocycles. The highest BCUT2D eigenvalue weighted by Crippen LogP contribution is 2.07. The van der Waals surface area contributed by atoms with Gasteiger partial charge in [-0.1, -0.05) is 6.07 Å². The molecule has 17 heavy (non-hydrogen) atoms. The fraction of sp³-hybridized carbons (Fsp3) is 0.500. The Hall–Kier alpha value is -1.62. The summed E-state index contributed by atoms with van der Waals surface area (Å²) in [6.07, 6.45) is 1.69. The van der Waals surface area contributed by atoms with E-state index in [1.807, 2.05) is 19.9 Å². The van der Waals surface area contributed by atoms with Crippen molar-refractivity contribution in [3.05, 3.63) is 23.9 Å². The number of aromatic nitrogens is 1. The highest BCUT2D eigenvalue weighted by molar-refractivity contribution is 5.85. The third-order valence-corrected chi connectivity index (χ3v) is 2.65. The molecule has 1 aromatic rings. The average Bonchev–Trinajstić information content (AvgIpc) is 2.36. The van der Waals surface area contributed by atoms with Crippen LogP contribution < -0.4 is 15.4 Å². The van der Waals surface area contributed by atoms with E-state index in [9.17, 15) is 4.79 Å². The highest BCUT2D eigenvalue weighted by atomic mass is 16.5. The highest BCUT2D eigenvalue weighted by Gasteiger charge is 2.24. The van der Waals surface area contributed by atoms with Gasteiger partial charge in [-0.25, -0.2) is 4.98 Å². The molecule has 0 saturated carbocycles. The molecule has 94 valence electrons. The van der Waals surface area contributed by atoms with Crippen LogP contribution in [-0.4, -0.2) is 30.6 Å². The zero-order valence-electron chi connectivity index (χ0n) is 10.7. The lowest BCUT2D eigenvalue weighted by atomic mass is 10.1. The normalized spacial score (nSPS) is 11.1. The number of pyridine rings is 1. The van der Waals surface area contributed by atoms with Crippen LogP contribution >= 0.6 is 0 Å². The predicted octanol–water partition coefficient (Wildman–Crippen LogP) is 0.704. The molecule has 1 heterocycles. The number of likely N-dealkylation sites (N-methyl/N-ethyl adjacent to an activating group) is 1. The summed E-state index contributed by atoms with van der Waals surface area (Å²) in [5, 5.41) is 5.79. The number of nitrogens with zero attached hydrogens (tertiary/aromatic N) is 1. The van der Waals surface area contributed by atoms with Crippen molar-refractivity contribution >= 4 is 5.91 Å². The van der Waals surface area contributed by atoms with E-state index < -0.39 is 5.54 Å². The minimum atomic E-state index is -0.570. The summed E-state index contributed by atoms with van der Waals surface area (Å²) in [4.78, 5) is 15.8. The number of carbonyl (C=O) groups is 1. The average molecular weight is 237 g/mol. The summed E-state index contributed by atoms with van der Waals surface area (Å²) in [5.41, 5.74) is 0.367. The van der Waals surface area contributed by atoms with E-state index in [0.29, 0.717) is 12.4 Å². The standard InChI is InChI=1S/C12H19N3O2/c1-12(2,13-3)11(16)15-8-9-5-6-10(17-4)14-7-9/h5-7,13H,8H2,1-4H3,(H,15,16). The van der Waals surface area contributed by atoms with Gasteiger partial charge in [0.1, 0.15) is 0 Å². The monoisotopic (exact) mass is 237 g/mol. The maximum Gasteiger partial charge on any atom is 0.239 e. The Kier molecular flexibility index (Phi) is 4.45. The van der Waals surface area contributed by atoms with E-state index >= 15 is 0 Å². The lowest BCUT2D eigenvalue weighted by molar-refractivity contribution is -0.126. The summed E-state index contributed by atoms with van der Waals surface area (Å²) in [5.74, 6) is 0.520. The van der Waals surface area contributed by atoms with Crippen LogP contribution in [-0.2, 0) is 11.3 Å². The Labute approximate surface area is 102 Å². The largest absolute Gasteiger partial charge is 0.481 e. The lowest BCUT2D eigenvalue weighted by Crippen LogP contribution is -2.50. The number of ether oxygens (including phenoxy) is 1. The minimum absolute atomic E-state index is 0.0455. The molecule has 2 N–H and O–H groups in total. The van der Waals surface area contributed by atoms with Crippen molar-refractivity contribution in [1.82, 2.24) is 15.6 Å². The first-order valence-corrected chi connectivity index (χ1v) is 5.45. The lowest BCUT2D eigenvalue weighted by Gasteiger charge is -2.22. The van der Waals surface area contributed by atoms with E-state index in [1.165, 1.54) is 0 Å². The molecular formula is C12H19N3O2. The van der Waals surface area contributed by atoms with Crippen molar-refractivity contribution < 1.29 is 9.53 Å². The molecule has 0 fully saturated rings. The van der Waals surface area contributed by atoms with E-state index in [2.05, 4.69) is 15.6 Å². The van der Waals surface area contributed by atoms with Crippen LogP contribution in [0.25, 0.3) is 0 Å². The van der Waals surface area contributed by atoms with Crippen LogP contribution in [0.2, 0.25) is 0 Å². The molecule has 0 atom stereocenters. The molecule has 0 aromatic carbocycles. The Morgan fingerprint density at radius 3 is 2.65 bits per heavy atom. The summed E-state index contributed by atoms with van der Waals surface area (Å²) in [6, 6.07) is 3.64. The Morgan fingerprint density at radius 1 is 1.47 bits per heavy atom. The van der Waals surface area contributed by atoms with Crippen molar-refractivity contribution in [2.24, 2.45) is 0 Å². The minimum Gasteiger partial charge on any atom is -0.481 e. The van der Waals surface area contributed by atoms with Crippen LogP contribution in [0.5, 0.6) is 5.88 Å². The first-order chi connectivity index (χ1) is 7.99. The van der Waals surface area contributed by atoms with Gasteiger partial charge in [-0.3, -0.25) is 4.79 Å². The summed E-state index contributed by atoms with van der Waals surface area (Å²) >= 11 is 0. The summed E-state index contributed by atoms with van der Waals surface area (Å²) in [6.45, 7) is 4.12. The van der Waals surface area contributed by atoms with Gasteiger partial charge in [0.2, 0.25) is 11.8 Å². The summed E-state index contributed by atoms with van der Waals surface area (Å²) < 4.78 is 4.96. The van der Waals surface area contributed by atoms with Gasteiger partial charge in [-0.2, -0.15) is 0 Å². The molecule has 1 rings (SSSR count). The van der Waals surface area contributed by atoms with Gasteiger partial charge in [0.15, 0.2) is 0 Å². The van der Waals surface area contributed by atoms with Gasteiger partial charge < -0.3 is 15.4 Å². The van der Waals surface area contributed by atoms with Crippen molar-refractivity contribution in [2.45, 2.75) is 25.9 Å². The van der Waals surface area contributed by atoms with Crippen LogP contribution in [0.3, 0.4) is 0 Å². The fourth-order valence-corrected chi connectivity index (χ4v) is 1.15. The zero-order chi connectivity index (χ0) is 12.9. The number of hydrogen-bond donors (Lipinski definition) is 2. The molecule has 0 saturated heterocycles. The molecule has 1 aromatic heterocycles. The van der Waals surface area contributed by atoms with Gasteiger partial charge in [0.25, 0.3) is 0 Å². The first kappa shape index (κ1) is 13.4. The summed E-state index contributed by atoms with van der Waals surface area (Å²) in [7, 11) is 3.33. The van der Waals surface area contributed by atoms with E-state index in [-0.39, 0.29) is 5.91 Å². The second-order valence-corrected chi connectivity index (χ2v) is 4.27. The maximum atomic E-state index is 11.8. The van der Waals surface area contributed by atoms with E-state index in [0.717, 1.165) is 5.56 Å². The van der Waals surface area contributed by atoms with Crippen molar-refractivity contribution in [3.8, 4) is 5.88 Å². The topological polar surface area (TPSA) is 63.2 Å². The van der Waals surface area contributed by atoms with Gasteiger partial charge in [-0.15, -0.1) is 0 Å². The van der Waals surface area contributed by atoms with Gasteiger partial charge in [0, 0.05) is 18.8 Å². The predicted molar refractivity (Wildman–Crippen MR) is 65.8 cm³/mol. The van der Waals surface area contributed by atoms with Gasteiger partial charge in [-0.05, 0) is 26.5 Å². The molecule has 5 heteroatoms. The molecule has 1 amide bonds. The number of nitrogens with one attached hydrogen (secondary N) is 2. The third-order valence-electron chi connectivity index (χ3n) is 2.65. The Bertz CT molecular complexity index is 374. The fourth-order valence-electron chi connectivity index (χ4n) is 1.15. The Balaban J connectivity index is 2.53. The van der Waals surface area contributed by atoms with E-state index in [4.69, 9.17) is 4.74 Å².